The molecule has 0 unspecified atom stereocenters. The lowest BCUT2D eigenvalue weighted by atomic mass is 10.6. The van der Waals surface area contributed by atoms with E-state index in [1.54, 1.807) is 0 Å². The van der Waals surface area contributed by atoms with Gasteiger partial charge in [-0.1, -0.05) is 6.92 Å². The van der Waals surface area contributed by atoms with Crippen molar-refractivity contribution in [3.63, 3.8) is 0 Å². The molecule has 0 atom stereocenters. The number of hydrogen-bond donors (Lipinski definition) is 2. The van der Waals surface area contributed by atoms with Crippen LogP contribution in [0.15, 0.2) is 11.0 Å². The normalized spacial score (nSPS) is 10.3. The Balaban J connectivity index is 3.14. The van der Waals surface area contributed by atoms with Crippen LogP contribution in [0.5, 0.6) is 11.8 Å². The van der Waals surface area contributed by atoms with Crippen LogP contribution in [-0.4, -0.2) is 26.4 Å². The third-order valence-corrected chi connectivity index (χ3v) is 2.44. The second-order valence-electron chi connectivity index (χ2n) is 2.48. The summed E-state index contributed by atoms with van der Waals surface area (Å²) in [6.45, 7) is 3.20. The van der Waals surface area contributed by atoms with Gasteiger partial charge in [-0.05, 0) is 5.75 Å². The Hall–Kier alpha value is -1.10. The maximum absolute atomic E-state index is 10.9. The second kappa shape index (κ2) is 3.74. The number of rotatable bonds is 2. The predicted octanol–water partition coefficient (Wildman–Crippen LogP) is 1.67. The lowest BCUT2D eigenvalue weighted by Crippen LogP contribution is -2.03. The minimum atomic E-state index is -0.405. The van der Waals surface area contributed by atoms with Crippen LogP contribution < -0.4 is 0 Å². The van der Waals surface area contributed by atoms with E-state index >= 15 is 0 Å². The maximum atomic E-state index is 10.9. The molecule has 13 heavy (non-hydrogen) atoms. The molecule has 0 fully saturated rings. The average Bonchev–Trinajstić information content (AvgIpc) is 2.28. The van der Waals surface area contributed by atoms with E-state index in [4.69, 9.17) is 0 Å². The van der Waals surface area contributed by atoms with Crippen LogP contribution in [0.25, 0.3) is 0 Å². The van der Waals surface area contributed by atoms with E-state index < -0.39 is 5.91 Å². The molecule has 72 valence electrons. The van der Waals surface area contributed by atoms with Crippen LogP contribution in [0, 0.1) is 0 Å². The summed E-state index contributed by atoms with van der Waals surface area (Å²) in [7, 11) is 0. The topological polar surface area (TPSA) is 62.5 Å². The van der Waals surface area contributed by atoms with Crippen molar-refractivity contribution in [3.8, 4) is 11.8 Å². The summed E-state index contributed by atoms with van der Waals surface area (Å²) < 4.78 is 0.873. The maximum Gasteiger partial charge on any atom is 0.233 e. The molecular formula is C8H11NO3S. The van der Waals surface area contributed by atoms with Crippen molar-refractivity contribution in [1.82, 2.24) is 4.57 Å². The Labute approximate surface area is 80.2 Å². The summed E-state index contributed by atoms with van der Waals surface area (Å²) in [5.41, 5.74) is 0. The fourth-order valence-corrected chi connectivity index (χ4v) is 1.76. The van der Waals surface area contributed by atoms with E-state index in [-0.39, 0.29) is 11.8 Å². The number of nitrogens with zero attached hydrogens (tertiary/aromatic N) is 1. The summed E-state index contributed by atoms with van der Waals surface area (Å²) in [4.78, 5) is 11.5. The summed E-state index contributed by atoms with van der Waals surface area (Å²) in [5, 5.41) is 18.8. The molecule has 0 radical (unpaired) electrons. The van der Waals surface area contributed by atoms with E-state index in [2.05, 4.69) is 0 Å². The Morgan fingerprint density at radius 2 is 2.23 bits per heavy atom. The highest BCUT2D eigenvalue weighted by Crippen LogP contribution is 2.34. The van der Waals surface area contributed by atoms with Gasteiger partial charge < -0.3 is 10.2 Å². The first-order chi connectivity index (χ1) is 6.07. The molecule has 0 aliphatic carbocycles. The number of aromatic nitrogens is 1. The molecule has 0 bridgehead atoms. The average molecular weight is 201 g/mol. The molecule has 2 N–H and O–H groups in total. The molecule has 1 rings (SSSR count). The number of aromatic hydroxyl groups is 2. The number of carbonyl (C=O) groups is 1. The highest BCUT2D eigenvalue weighted by molar-refractivity contribution is 7.99. The SMILES string of the molecule is CCSc1cc(O)n(C(C)=O)c1O. The van der Waals surface area contributed by atoms with Gasteiger partial charge in [-0.3, -0.25) is 4.79 Å². The zero-order valence-electron chi connectivity index (χ0n) is 7.44. The van der Waals surface area contributed by atoms with Gasteiger partial charge in [0.25, 0.3) is 0 Å². The molecule has 0 saturated heterocycles. The molecule has 1 aromatic heterocycles. The van der Waals surface area contributed by atoms with Gasteiger partial charge >= 0.3 is 0 Å². The van der Waals surface area contributed by atoms with Gasteiger partial charge in [0.1, 0.15) is 0 Å². The van der Waals surface area contributed by atoms with Crippen LogP contribution >= 0.6 is 11.8 Å². The van der Waals surface area contributed by atoms with Crippen LogP contribution in [0.4, 0.5) is 0 Å². The number of carbonyl (C=O) groups excluding carboxylic acids is 1. The first-order valence-corrected chi connectivity index (χ1v) is 4.84. The molecule has 1 aromatic rings. The van der Waals surface area contributed by atoms with E-state index in [1.807, 2.05) is 6.92 Å². The van der Waals surface area contributed by atoms with Crippen LogP contribution in [-0.2, 0) is 0 Å². The largest absolute Gasteiger partial charge is 0.494 e. The molecule has 4 nitrogen and oxygen atoms in total. The summed E-state index contributed by atoms with van der Waals surface area (Å²) in [6, 6.07) is 1.38. The summed E-state index contributed by atoms with van der Waals surface area (Å²) >= 11 is 1.37. The monoisotopic (exact) mass is 201 g/mol. The predicted molar refractivity (Wildman–Crippen MR) is 50.5 cm³/mol. The summed E-state index contributed by atoms with van der Waals surface area (Å²) in [5.74, 6) is -0.0368. The lowest BCUT2D eigenvalue weighted by molar-refractivity contribution is 0.0917. The van der Waals surface area contributed by atoms with Crippen molar-refractivity contribution < 1.29 is 15.0 Å². The second-order valence-corrected chi connectivity index (χ2v) is 3.78. The molecular weight excluding hydrogens is 190 g/mol. The van der Waals surface area contributed by atoms with Crippen LogP contribution in [0.1, 0.15) is 18.6 Å². The van der Waals surface area contributed by atoms with Gasteiger partial charge in [0.15, 0.2) is 0 Å². The van der Waals surface area contributed by atoms with E-state index in [9.17, 15) is 15.0 Å². The van der Waals surface area contributed by atoms with Crippen molar-refractivity contribution in [2.75, 3.05) is 5.75 Å². The van der Waals surface area contributed by atoms with E-state index in [1.165, 1.54) is 24.8 Å². The molecule has 0 saturated carbocycles. The van der Waals surface area contributed by atoms with Crippen LogP contribution in [0.3, 0.4) is 0 Å². The molecule has 0 spiro atoms. The lowest BCUT2D eigenvalue weighted by Gasteiger charge is -2.00. The van der Waals surface area contributed by atoms with Crippen molar-refractivity contribution in [3.05, 3.63) is 6.07 Å². The van der Waals surface area contributed by atoms with Crippen molar-refractivity contribution in [2.24, 2.45) is 0 Å². The van der Waals surface area contributed by atoms with Crippen molar-refractivity contribution in [2.45, 2.75) is 18.7 Å². The highest BCUT2D eigenvalue weighted by atomic mass is 32.2. The number of thioether (sulfide) groups is 1. The fourth-order valence-electron chi connectivity index (χ4n) is 1.04. The number of hydrogen-bond acceptors (Lipinski definition) is 4. The van der Waals surface area contributed by atoms with Crippen LogP contribution in [0.2, 0.25) is 0 Å². The van der Waals surface area contributed by atoms with Crippen molar-refractivity contribution in [1.29, 1.82) is 0 Å². The quantitative estimate of drug-likeness (QED) is 0.714. The molecule has 0 aliphatic heterocycles. The smallest absolute Gasteiger partial charge is 0.233 e. The molecule has 0 aliphatic rings. The fraction of sp³-hybridized carbons (Fsp3) is 0.375. The standard InChI is InChI=1S/C8H11NO3S/c1-3-13-6-4-7(11)9(5(2)10)8(6)12/h4,11-12H,3H2,1-2H3. The molecule has 0 amide bonds. The Morgan fingerprint density at radius 3 is 2.62 bits per heavy atom. The van der Waals surface area contributed by atoms with Crippen molar-refractivity contribution >= 4 is 17.7 Å². The zero-order valence-corrected chi connectivity index (χ0v) is 8.26. The molecule has 5 heteroatoms. The third-order valence-electron chi connectivity index (χ3n) is 1.54. The Kier molecular flexibility index (Phi) is 2.87. The summed E-state index contributed by atoms with van der Waals surface area (Å²) in [6.07, 6.45) is 0. The van der Waals surface area contributed by atoms with Gasteiger partial charge in [0.05, 0.1) is 4.90 Å². The minimum absolute atomic E-state index is 0.183. The van der Waals surface area contributed by atoms with Gasteiger partial charge in [-0.15, -0.1) is 11.8 Å². The van der Waals surface area contributed by atoms with E-state index in [0.29, 0.717) is 4.90 Å². The van der Waals surface area contributed by atoms with Gasteiger partial charge in [0, 0.05) is 13.0 Å². The van der Waals surface area contributed by atoms with E-state index in [0.717, 1.165) is 10.3 Å². The van der Waals surface area contributed by atoms with Gasteiger partial charge in [-0.25, -0.2) is 4.57 Å². The molecule has 1 heterocycles. The minimum Gasteiger partial charge on any atom is -0.494 e. The molecule has 0 aromatic carbocycles. The first kappa shape index (κ1) is 9.98. The van der Waals surface area contributed by atoms with Gasteiger partial charge in [-0.2, -0.15) is 0 Å². The highest BCUT2D eigenvalue weighted by Gasteiger charge is 2.16. The third kappa shape index (κ3) is 1.80. The Bertz CT molecular complexity index is 332. The first-order valence-electron chi connectivity index (χ1n) is 3.85. The zero-order chi connectivity index (χ0) is 10.0. The van der Waals surface area contributed by atoms with Gasteiger partial charge in [0.2, 0.25) is 17.7 Å². The Morgan fingerprint density at radius 1 is 1.62 bits per heavy atom.